The van der Waals surface area contributed by atoms with Crippen LogP contribution in [0.1, 0.15) is 12.8 Å². The molecule has 1 aromatic carbocycles. The Morgan fingerprint density at radius 1 is 1.32 bits per heavy atom. The zero-order chi connectivity index (χ0) is 13.7. The summed E-state index contributed by atoms with van der Waals surface area (Å²) in [6.45, 7) is 2.20. The zero-order valence-electron chi connectivity index (χ0n) is 10.4. The Hall–Kier alpha value is -0.970. The zero-order valence-corrected chi connectivity index (χ0v) is 11.9. The average molecular weight is 303 g/mol. The maximum atomic E-state index is 11.7. The van der Waals surface area contributed by atoms with Crippen LogP contribution < -0.4 is 10.6 Å². The van der Waals surface area contributed by atoms with Gasteiger partial charge in [0.25, 0.3) is 0 Å². The number of urea groups is 1. The maximum absolute atomic E-state index is 11.7. The summed E-state index contributed by atoms with van der Waals surface area (Å²) >= 11 is 11.8. The van der Waals surface area contributed by atoms with Gasteiger partial charge in [-0.2, -0.15) is 0 Å². The van der Waals surface area contributed by atoms with Gasteiger partial charge in [-0.25, -0.2) is 4.79 Å². The highest BCUT2D eigenvalue weighted by Crippen LogP contribution is 2.25. The van der Waals surface area contributed by atoms with Gasteiger partial charge < -0.3 is 15.4 Å². The topological polar surface area (TPSA) is 50.4 Å². The van der Waals surface area contributed by atoms with Crippen LogP contribution in [0.25, 0.3) is 0 Å². The molecular formula is C13H16Cl2N2O2. The summed E-state index contributed by atoms with van der Waals surface area (Å²) in [4.78, 5) is 11.7. The van der Waals surface area contributed by atoms with Crippen LogP contribution in [0.2, 0.25) is 10.0 Å². The van der Waals surface area contributed by atoms with Crippen molar-refractivity contribution in [2.75, 3.05) is 25.1 Å². The lowest BCUT2D eigenvalue weighted by Gasteiger charge is -2.22. The molecule has 1 aliphatic rings. The summed E-state index contributed by atoms with van der Waals surface area (Å²) in [6, 6.07) is 4.70. The van der Waals surface area contributed by atoms with E-state index in [-0.39, 0.29) is 6.03 Å². The monoisotopic (exact) mass is 302 g/mol. The number of ether oxygens (including phenoxy) is 1. The Morgan fingerprint density at radius 2 is 2.05 bits per heavy atom. The highest BCUT2D eigenvalue weighted by Gasteiger charge is 2.14. The van der Waals surface area contributed by atoms with Crippen molar-refractivity contribution in [3.63, 3.8) is 0 Å². The Morgan fingerprint density at radius 3 is 2.74 bits per heavy atom. The number of benzene rings is 1. The number of rotatable bonds is 3. The highest BCUT2D eigenvalue weighted by atomic mass is 35.5. The van der Waals surface area contributed by atoms with Gasteiger partial charge in [0.15, 0.2) is 0 Å². The number of amides is 2. The van der Waals surface area contributed by atoms with Gasteiger partial charge in [0.2, 0.25) is 0 Å². The second kappa shape index (κ2) is 6.98. The Kier molecular flexibility index (Phi) is 5.31. The van der Waals surface area contributed by atoms with Gasteiger partial charge in [-0.3, -0.25) is 0 Å². The molecule has 104 valence electrons. The fraction of sp³-hybridized carbons (Fsp3) is 0.462. The average Bonchev–Trinajstić information content (AvgIpc) is 2.41. The van der Waals surface area contributed by atoms with Gasteiger partial charge in [-0.1, -0.05) is 23.2 Å². The van der Waals surface area contributed by atoms with E-state index in [4.69, 9.17) is 27.9 Å². The molecule has 2 rings (SSSR count). The lowest BCUT2D eigenvalue weighted by Crippen LogP contribution is -2.35. The molecule has 0 saturated carbocycles. The number of carbonyl (C=O) groups is 1. The first-order valence-electron chi connectivity index (χ1n) is 6.23. The van der Waals surface area contributed by atoms with Crippen LogP contribution in [-0.4, -0.2) is 25.8 Å². The lowest BCUT2D eigenvalue weighted by molar-refractivity contribution is 0.0671. The minimum atomic E-state index is -0.254. The quantitative estimate of drug-likeness (QED) is 0.897. The summed E-state index contributed by atoms with van der Waals surface area (Å²) in [5, 5.41) is 6.52. The van der Waals surface area contributed by atoms with Crippen LogP contribution in [-0.2, 0) is 4.74 Å². The Labute approximate surface area is 122 Å². The van der Waals surface area contributed by atoms with E-state index in [0.717, 1.165) is 26.1 Å². The van der Waals surface area contributed by atoms with Crippen molar-refractivity contribution in [2.24, 2.45) is 5.92 Å². The number of anilines is 1. The van der Waals surface area contributed by atoms with Crippen molar-refractivity contribution < 1.29 is 9.53 Å². The summed E-state index contributed by atoms with van der Waals surface area (Å²) in [5.41, 5.74) is 0.551. The highest BCUT2D eigenvalue weighted by molar-refractivity contribution is 6.36. The molecule has 6 heteroatoms. The molecule has 2 amide bonds. The number of halogens is 2. The number of carbonyl (C=O) groups excluding carboxylic acids is 1. The van der Waals surface area contributed by atoms with E-state index in [9.17, 15) is 4.79 Å². The normalized spacial score (nSPS) is 16.1. The van der Waals surface area contributed by atoms with E-state index in [2.05, 4.69) is 10.6 Å². The SMILES string of the molecule is O=C(NCC1CCOCC1)Nc1ccc(Cl)cc1Cl. The standard InChI is InChI=1S/C13H16Cl2N2O2/c14-10-1-2-12(11(15)7-10)17-13(18)16-8-9-3-5-19-6-4-9/h1-2,7,9H,3-6,8H2,(H2,16,17,18). The molecule has 1 heterocycles. The molecule has 0 aliphatic carbocycles. The van der Waals surface area contributed by atoms with Crippen molar-refractivity contribution in [1.82, 2.24) is 5.32 Å². The van der Waals surface area contributed by atoms with Gasteiger partial charge >= 0.3 is 6.03 Å². The Balaban J connectivity index is 1.80. The number of nitrogens with one attached hydrogen (secondary N) is 2. The summed E-state index contributed by atoms with van der Waals surface area (Å²) in [7, 11) is 0. The molecule has 4 nitrogen and oxygen atoms in total. The third kappa shape index (κ3) is 4.56. The van der Waals surface area contributed by atoms with Crippen molar-refractivity contribution >= 4 is 34.9 Å². The van der Waals surface area contributed by atoms with E-state index in [1.54, 1.807) is 18.2 Å². The number of hydrogen-bond acceptors (Lipinski definition) is 2. The summed E-state index contributed by atoms with van der Waals surface area (Å²) in [5.74, 6) is 0.486. The molecule has 0 atom stereocenters. The minimum Gasteiger partial charge on any atom is -0.381 e. The second-order valence-electron chi connectivity index (χ2n) is 4.51. The third-order valence-corrected chi connectivity index (χ3v) is 3.62. The van der Waals surface area contributed by atoms with Gasteiger partial charge in [0.05, 0.1) is 10.7 Å². The number of hydrogen-bond donors (Lipinski definition) is 2. The van der Waals surface area contributed by atoms with Gasteiger partial charge in [-0.05, 0) is 37.0 Å². The molecule has 0 bridgehead atoms. The van der Waals surface area contributed by atoms with Gasteiger partial charge in [-0.15, -0.1) is 0 Å². The van der Waals surface area contributed by atoms with Crippen molar-refractivity contribution in [1.29, 1.82) is 0 Å². The van der Waals surface area contributed by atoms with Crippen LogP contribution in [0, 0.1) is 5.92 Å². The molecule has 1 fully saturated rings. The first-order chi connectivity index (χ1) is 9.15. The molecule has 0 unspecified atom stereocenters. The van der Waals surface area contributed by atoms with E-state index in [1.165, 1.54) is 0 Å². The summed E-state index contributed by atoms with van der Waals surface area (Å²) in [6.07, 6.45) is 1.98. The maximum Gasteiger partial charge on any atom is 0.319 e. The third-order valence-electron chi connectivity index (χ3n) is 3.07. The smallest absolute Gasteiger partial charge is 0.319 e. The molecule has 0 radical (unpaired) electrons. The second-order valence-corrected chi connectivity index (χ2v) is 5.36. The van der Waals surface area contributed by atoms with Gasteiger partial charge in [0.1, 0.15) is 0 Å². The van der Waals surface area contributed by atoms with Crippen LogP contribution in [0.4, 0.5) is 10.5 Å². The van der Waals surface area contributed by atoms with Crippen molar-refractivity contribution in [3.8, 4) is 0 Å². The Bertz CT molecular complexity index is 448. The molecule has 19 heavy (non-hydrogen) atoms. The fourth-order valence-corrected chi connectivity index (χ4v) is 2.40. The van der Waals surface area contributed by atoms with E-state index >= 15 is 0 Å². The van der Waals surface area contributed by atoms with Crippen molar-refractivity contribution in [3.05, 3.63) is 28.2 Å². The van der Waals surface area contributed by atoms with E-state index < -0.39 is 0 Å². The largest absolute Gasteiger partial charge is 0.381 e. The molecule has 0 aromatic heterocycles. The first-order valence-corrected chi connectivity index (χ1v) is 6.98. The predicted octanol–water partition coefficient (Wildman–Crippen LogP) is 3.54. The van der Waals surface area contributed by atoms with E-state index in [0.29, 0.717) is 28.2 Å². The molecule has 0 spiro atoms. The molecule has 1 aliphatic heterocycles. The molecular weight excluding hydrogens is 287 g/mol. The van der Waals surface area contributed by atoms with Crippen LogP contribution >= 0.6 is 23.2 Å². The van der Waals surface area contributed by atoms with Crippen molar-refractivity contribution in [2.45, 2.75) is 12.8 Å². The van der Waals surface area contributed by atoms with Crippen LogP contribution in [0.3, 0.4) is 0 Å². The predicted molar refractivity (Wildman–Crippen MR) is 77.0 cm³/mol. The first kappa shape index (κ1) is 14.4. The minimum absolute atomic E-state index is 0.254. The van der Waals surface area contributed by atoms with Crippen LogP contribution in [0.15, 0.2) is 18.2 Å². The summed E-state index contributed by atoms with van der Waals surface area (Å²) < 4.78 is 5.27. The molecule has 1 aromatic rings. The van der Waals surface area contributed by atoms with Crippen LogP contribution in [0.5, 0.6) is 0 Å². The van der Waals surface area contributed by atoms with Gasteiger partial charge in [0, 0.05) is 24.8 Å². The molecule has 1 saturated heterocycles. The fourth-order valence-electron chi connectivity index (χ4n) is 1.94. The van der Waals surface area contributed by atoms with E-state index in [1.807, 2.05) is 0 Å². The molecule has 2 N–H and O–H groups in total. The lowest BCUT2D eigenvalue weighted by atomic mass is 10.0.